The van der Waals surface area contributed by atoms with E-state index in [1.54, 1.807) is 32.7 Å². The summed E-state index contributed by atoms with van der Waals surface area (Å²) in [6.45, 7) is 2.12. The van der Waals surface area contributed by atoms with Gasteiger partial charge in [-0.3, -0.25) is 0 Å². The summed E-state index contributed by atoms with van der Waals surface area (Å²) in [7, 11) is 4.85. The minimum absolute atomic E-state index is 0.309. The van der Waals surface area contributed by atoms with Gasteiger partial charge < -0.3 is 14.2 Å². The van der Waals surface area contributed by atoms with Crippen molar-refractivity contribution in [3.63, 3.8) is 0 Å². The van der Waals surface area contributed by atoms with Crippen LogP contribution in [0.25, 0.3) is 0 Å². The molecule has 0 aliphatic heterocycles. The fourth-order valence-corrected chi connectivity index (χ4v) is 3.76. The van der Waals surface area contributed by atoms with Crippen LogP contribution >= 0.6 is 22.9 Å². The Morgan fingerprint density at radius 2 is 1.71 bits per heavy atom. The molecule has 3 nitrogen and oxygen atoms in total. The van der Waals surface area contributed by atoms with Crippen LogP contribution in [0.1, 0.15) is 28.3 Å². The van der Waals surface area contributed by atoms with Crippen LogP contribution in [0, 0.1) is 0 Å². The molecule has 1 aromatic heterocycles. The number of thiophene rings is 1. The minimum Gasteiger partial charge on any atom is -0.496 e. The maximum Gasteiger partial charge on any atom is 0.131 e. The number of hydrogen-bond donors (Lipinski definition) is 0. The summed E-state index contributed by atoms with van der Waals surface area (Å²) >= 11 is 8.38. The van der Waals surface area contributed by atoms with Crippen molar-refractivity contribution >= 4 is 22.9 Å². The first-order valence-electron chi connectivity index (χ1n) is 6.66. The number of hydrogen-bond acceptors (Lipinski definition) is 4. The van der Waals surface area contributed by atoms with Gasteiger partial charge >= 0.3 is 0 Å². The van der Waals surface area contributed by atoms with Gasteiger partial charge in [0.2, 0.25) is 0 Å². The Balaban J connectivity index is 2.56. The van der Waals surface area contributed by atoms with E-state index in [0.717, 1.165) is 16.9 Å². The topological polar surface area (TPSA) is 27.7 Å². The van der Waals surface area contributed by atoms with Gasteiger partial charge in [0.25, 0.3) is 0 Å². The molecule has 0 aliphatic carbocycles. The van der Waals surface area contributed by atoms with Gasteiger partial charge in [0, 0.05) is 17.0 Å². The molecule has 5 heteroatoms. The van der Waals surface area contributed by atoms with E-state index in [1.807, 2.05) is 12.1 Å². The molecule has 0 aliphatic rings. The average Bonchev–Trinajstić information content (AvgIpc) is 3.01. The van der Waals surface area contributed by atoms with Crippen molar-refractivity contribution in [1.82, 2.24) is 0 Å². The third kappa shape index (κ3) is 3.11. The fraction of sp³-hybridized carbons (Fsp3) is 0.375. The fourth-order valence-electron chi connectivity index (χ4n) is 2.28. The Bertz CT molecular complexity index is 584. The van der Waals surface area contributed by atoms with Crippen LogP contribution in [0.2, 0.25) is 0 Å². The molecule has 0 amide bonds. The van der Waals surface area contributed by atoms with Crippen LogP contribution in [-0.4, -0.2) is 21.3 Å². The lowest BCUT2D eigenvalue weighted by Gasteiger charge is -2.19. The lowest BCUT2D eigenvalue weighted by atomic mass is 10.0. The van der Waals surface area contributed by atoms with E-state index in [-0.39, 0.29) is 5.38 Å². The molecule has 114 valence electrons. The van der Waals surface area contributed by atoms with Gasteiger partial charge in [-0.25, -0.2) is 0 Å². The third-order valence-corrected chi connectivity index (χ3v) is 4.99. The van der Waals surface area contributed by atoms with Gasteiger partial charge in [0.15, 0.2) is 0 Å². The molecule has 2 aromatic rings. The minimum atomic E-state index is -0.309. The molecule has 0 spiro atoms. The SMILES string of the molecule is CCc1ccsc1C(Cl)c1c(OC)cc(OC)cc1OC. The van der Waals surface area contributed by atoms with Crippen molar-refractivity contribution in [1.29, 1.82) is 0 Å². The largest absolute Gasteiger partial charge is 0.496 e. The van der Waals surface area contributed by atoms with Crippen LogP contribution in [-0.2, 0) is 6.42 Å². The second kappa shape index (κ2) is 7.05. The summed E-state index contributed by atoms with van der Waals surface area (Å²) in [6, 6.07) is 5.76. The van der Waals surface area contributed by atoms with E-state index in [2.05, 4.69) is 18.4 Å². The highest BCUT2D eigenvalue weighted by molar-refractivity contribution is 7.10. The van der Waals surface area contributed by atoms with Gasteiger partial charge in [-0.2, -0.15) is 0 Å². The number of aryl methyl sites for hydroxylation is 1. The number of methoxy groups -OCH3 is 3. The van der Waals surface area contributed by atoms with Gasteiger partial charge in [-0.05, 0) is 23.4 Å². The van der Waals surface area contributed by atoms with E-state index < -0.39 is 0 Å². The first-order valence-corrected chi connectivity index (χ1v) is 7.98. The molecule has 0 bridgehead atoms. The second-order valence-corrected chi connectivity index (χ2v) is 5.86. The highest BCUT2D eigenvalue weighted by Crippen LogP contribution is 2.45. The van der Waals surface area contributed by atoms with Crippen molar-refractivity contribution in [3.05, 3.63) is 39.6 Å². The van der Waals surface area contributed by atoms with Crippen molar-refractivity contribution in [2.75, 3.05) is 21.3 Å². The zero-order chi connectivity index (χ0) is 15.4. The summed E-state index contributed by atoms with van der Waals surface area (Å²) in [6.07, 6.45) is 0.947. The Kier molecular flexibility index (Phi) is 5.37. The Hall–Kier alpha value is -1.39. The molecule has 0 radical (unpaired) electrons. The van der Waals surface area contributed by atoms with Crippen molar-refractivity contribution in [2.24, 2.45) is 0 Å². The number of ether oxygens (including phenoxy) is 3. The van der Waals surface area contributed by atoms with Crippen LogP contribution in [0.15, 0.2) is 23.6 Å². The van der Waals surface area contributed by atoms with Crippen LogP contribution in [0.5, 0.6) is 17.2 Å². The standard InChI is InChI=1S/C16H19ClO3S/c1-5-10-6-7-21-16(10)15(17)14-12(19-3)8-11(18-2)9-13(14)20-4/h6-9,15H,5H2,1-4H3. The molecule has 2 rings (SSSR count). The first-order chi connectivity index (χ1) is 10.2. The zero-order valence-corrected chi connectivity index (χ0v) is 14.2. The lowest BCUT2D eigenvalue weighted by Crippen LogP contribution is -2.02. The third-order valence-electron chi connectivity index (χ3n) is 3.40. The summed E-state index contributed by atoms with van der Waals surface area (Å²) in [5.41, 5.74) is 2.08. The number of alkyl halides is 1. The zero-order valence-electron chi connectivity index (χ0n) is 12.6. The molecular weight excluding hydrogens is 308 g/mol. The molecule has 0 fully saturated rings. The predicted molar refractivity (Wildman–Crippen MR) is 87.5 cm³/mol. The maximum atomic E-state index is 6.73. The van der Waals surface area contributed by atoms with E-state index in [1.165, 1.54) is 5.56 Å². The van der Waals surface area contributed by atoms with Crippen molar-refractivity contribution < 1.29 is 14.2 Å². The molecule has 0 saturated carbocycles. The van der Waals surface area contributed by atoms with Gasteiger partial charge in [0.1, 0.15) is 22.6 Å². The van der Waals surface area contributed by atoms with E-state index in [0.29, 0.717) is 17.2 Å². The monoisotopic (exact) mass is 326 g/mol. The highest BCUT2D eigenvalue weighted by atomic mass is 35.5. The predicted octanol–water partition coefficient (Wildman–Crippen LogP) is 4.66. The highest BCUT2D eigenvalue weighted by Gasteiger charge is 2.24. The molecule has 1 unspecified atom stereocenters. The summed E-state index contributed by atoms with van der Waals surface area (Å²) < 4.78 is 16.2. The molecule has 1 atom stereocenters. The van der Waals surface area contributed by atoms with Crippen LogP contribution in [0.4, 0.5) is 0 Å². The molecule has 1 heterocycles. The molecule has 0 saturated heterocycles. The summed E-state index contributed by atoms with van der Waals surface area (Å²) in [5.74, 6) is 2.02. The number of rotatable bonds is 6. The molecule has 21 heavy (non-hydrogen) atoms. The van der Waals surface area contributed by atoms with Gasteiger partial charge in [0.05, 0.1) is 26.9 Å². The van der Waals surface area contributed by atoms with Gasteiger partial charge in [-0.1, -0.05) is 6.92 Å². The quantitative estimate of drug-likeness (QED) is 0.722. The molecule has 0 N–H and O–H groups in total. The Labute approximate surface area is 134 Å². The summed E-state index contributed by atoms with van der Waals surface area (Å²) in [5, 5.41) is 1.75. The van der Waals surface area contributed by atoms with Gasteiger partial charge in [-0.15, -0.1) is 22.9 Å². The van der Waals surface area contributed by atoms with Crippen molar-refractivity contribution in [3.8, 4) is 17.2 Å². The van der Waals surface area contributed by atoms with E-state index in [9.17, 15) is 0 Å². The number of halogens is 1. The lowest BCUT2D eigenvalue weighted by molar-refractivity contribution is 0.369. The number of benzene rings is 1. The van der Waals surface area contributed by atoms with Crippen LogP contribution < -0.4 is 14.2 Å². The van der Waals surface area contributed by atoms with E-state index >= 15 is 0 Å². The van der Waals surface area contributed by atoms with Crippen LogP contribution in [0.3, 0.4) is 0 Å². The Morgan fingerprint density at radius 1 is 1.10 bits per heavy atom. The second-order valence-electron chi connectivity index (χ2n) is 4.47. The van der Waals surface area contributed by atoms with Crippen molar-refractivity contribution in [2.45, 2.75) is 18.7 Å². The van der Waals surface area contributed by atoms with E-state index in [4.69, 9.17) is 25.8 Å². The normalized spacial score (nSPS) is 12.0. The molecular formula is C16H19ClO3S. The Morgan fingerprint density at radius 3 is 2.19 bits per heavy atom. The maximum absolute atomic E-state index is 6.73. The summed E-state index contributed by atoms with van der Waals surface area (Å²) in [4.78, 5) is 1.13. The molecule has 1 aromatic carbocycles. The average molecular weight is 327 g/mol. The first kappa shape index (κ1) is 16.0. The smallest absolute Gasteiger partial charge is 0.131 e.